The van der Waals surface area contributed by atoms with E-state index < -0.39 is 0 Å². The van der Waals surface area contributed by atoms with Crippen LogP contribution in [-0.4, -0.2) is 20.0 Å². The Kier molecular flexibility index (Phi) is 5.29. The summed E-state index contributed by atoms with van der Waals surface area (Å²) in [7, 11) is 3.22. The van der Waals surface area contributed by atoms with Gasteiger partial charge in [-0.2, -0.15) is 12.6 Å². The van der Waals surface area contributed by atoms with Crippen LogP contribution in [0.3, 0.4) is 0 Å². The molecule has 0 N–H and O–H groups in total. The summed E-state index contributed by atoms with van der Waals surface area (Å²) in [5.74, 6) is 2.70. The van der Waals surface area contributed by atoms with Gasteiger partial charge in [-0.3, -0.25) is 0 Å². The van der Waals surface area contributed by atoms with Crippen molar-refractivity contribution in [3.63, 3.8) is 0 Å². The Balaban J connectivity index is 3.01. The number of hydrogen-bond donors (Lipinski definition) is 1. The van der Waals surface area contributed by atoms with Crippen LogP contribution in [0, 0.1) is 5.92 Å². The molecule has 1 aromatic carbocycles. The molecule has 16 heavy (non-hydrogen) atoms. The maximum atomic E-state index is 6.18. The van der Waals surface area contributed by atoms with Crippen LogP contribution in [0.15, 0.2) is 12.1 Å². The first-order valence-corrected chi connectivity index (χ1v) is 6.14. The molecule has 1 aromatic rings. The lowest BCUT2D eigenvalue weighted by Crippen LogP contribution is -2.02. The lowest BCUT2D eigenvalue weighted by atomic mass is 10.0. The van der Waals surface area contributed by atoms with Crippen molar-refractivity contribution in [2.24, 2.45) is 5.92 Å². The first kappa shape index (κ1) is 13.5. The highest BCUT2D eigenvalue weighted by molar-refractivity contribution is 7.80. The Morgan fingerprint density at radius 1 is 1.25 bits per heavy atom. The van der Waals surface area contributed by atoms with Crippen molar-refractivity contribution >= 4 is 24.2 Å². The molecule has 1 atom stereocenters. The van der Waals surface area contributed by atoms with Crippen LogP contribution >= 0.6 is 24.2 Å². The average Bonchev–Trinajstić information content (AvgIpc) is 2.30. The zero-order valence-electron chi connectivity index (χ0n) is 9.79. The molecule has 0 heterocycles. The van der Waals surface area contributed by atoms with Crippen LogP contribution in [0.2, 0.25) is 5.02 Å². The molecule has 0 saturated heterocycles. The van der Waals surface area contributed by atoms with E-state index >= 15 is 0 Å². The summed E-state index contributed by atoms with van der Waals surface area (Å²) in [4.78, 5) is 0. The lowest BCUT2D eigenvalue weighted by molar-refractivity contribution is 0.354. The van der Waals surface area contributed by atoms with Gasteiger partial charge in [-0.15, -0.1) is 0 Å². The van der Waals surface area contributed by atoms with E-state index in [-0.39, 0.29) is 0 Å². The maximum absolute atomic E-state index is 6.18. The topological polar surface area (TPSA) is 18.5 Å². The van der Waals surface area contributed by atoms with Gasteiger partial charge in [0.05, 0.1) is 14.2 Å². The Morgan fingerprint density at radius 3 is 2.31 bits per heavy atom. The number of ether oxygens (including phenoxy) is 2. The zero-order valence-corrected chi connectivity index (χ0v) is 11.4. The summed E-state index contributed by atoms with van der Waals surface area (Å²) in [5, 5.41) is 0.714. The Hall–Kier alpha value is -0.540. The molecule has 0 aromatic heterocycles. The van der Waals surface area contributed by atoms with Gasteiger partial charge in [0.2, 0.25) is 0 Å². The molecule has 0 radical (unpaired) electrons. The van der Waals surface area contributed by atoms with Crippen molar-refractivity contribution in [1.82, 2.24) is 0 Å². The van der Waals surface area contributed by atoms with Crippen LogP contribution in [0.4, 0.5) is 0 Å². The predicted octanol–water partition coefficient (Wildman–Crippen LogP) is 3.47. The zero-order chi connectivity index (χ0) is 12.1. The quantitative estimate of drug-likeness (QED) is 0.818. The van der Waals surface area contributed by atoms with Crippen molar-refractivity contribution in [3.05, 3.63) is 22.7 Å². The van der Waals surface area contributed by atoms with Gasteiger partial charge < -0.3 is 9.47 Å². The molecule has 1 rings (SSSR count). The monoisotopic (exact) mass is 260 g/mol. The Bertz CT molecular complexity index is 355. The van der Waals surface area contributed by atoms with Crippen molar-refractivity contribution in [3.8, 4) is 11.5 Å². The van der Waals surface area contributed by atoms with Gasteiger partial charge in [-0.1, -0.05) is 18.5 Å². The van der Waals surface area contributed by atoms with Gasteiger partial charge in [0.15, 0.2) is 11.5 Å². The fourth-order valence-electron chi connectivity index (χ4n) is 1.49. The molecule has 1 unspecified atom stereocenters. The highest BCUT2D eigenvalue weighted by atomic mass is 35.5. The van der Waals surface area contributed by atoms with E-state index in [1.807, 2.05) is 6.07 Å². The summed E-state index contributed by atoms with van der Waals surface area (Å²) in [5.41, 5.74) is 1.07. The standard InChI is InChI=1S/C12H17ClO2S/c1-8(7-16)4-9-5-11(14-2)12(15-3)6-10(9)13/h5-6,8,16H,4,7H2,1-3H3. The maximum Gasteiger partial charge on any atom is 0.162 e. The second-order valence-electron chi connectivity index (χ2n) is 3.79. The van der Waals surface area contributed by atoms with E-state index in [0.29, 0.717) is 22.4 Å². The molecule has 4 heteroatoms. The van der Waals surface area contributed by atoms with Gasteiger partial charge in [0.25, 0.3) is 0 Å². The number of rotatable bonds is 5. The van der Waals surface area contributed by atoms with Crippen molar-refractivity contribution in [2.45, 2.75) is 13.3 Å². The fourth-order valence-corrected chi connectivity index (χ4v) is 1.85. The largest absolute Gasteiger partial charge is 0.493 e. The molecule has 0 bridgehead atoms. The predicted molar refractivity (Wildman–Crippen MR) is 71.3 cm³/mol. The minimum atomic E-state index is 0.485. The van der Waals surface area contributed by atoms with Crippen molar-refractivity contribution in [1.29, 1.82) is 0 Å². The first-order chi connectivity index (χ1) is 7.62. The second kappa shape index (κ2) is 6.26. The van der Waals surface area contributed by atoms with Gasteiger partial charge in [0.1, 0.15) is 0 Å². The summed E-state index contributed by atoms with van der Waals surface area (Å²) < 4.78 is 10.4. The molecule has 0 saturated carbocycles. The van der Waals surface area contributed by atoms with Crippen LogP contribution < -0.4 is 9.47 Å². The van der Waals surface area contributed by atoms with Gasteiger partial charge >= 0.3 is 0 Å². The number of benzene rings is 1. The van der Waals surface area contributed by atoms with Crippen LogP contribution in [0.25, 0.3) is 0 Å². The van der Waals surface area contributed by atoms with Gasteiger partial charge in [-0.25, -0.2) is 0 Å². The SMILES string of the molecule is COc1cc(Cl)c(CC(C)CS)cc1OC. The van der Waals surface area contributed by atoms with Crippen LogP contribution in [0.1, 0.15) is 12.5 Å². The van der Waals surface area contributed by atoms with Crippen LogP contribution in [0.5, 0.6) is 11.5 Å². The fraction of sp³-hybridized carbons (Fsp3) is 0.500. The molecule has 0 amide bonds. The molecular weight excluding hydrogens is 244 g/mol. The van der Waals surface area contributed by atoms with E-state index in [1.54, 1.807) is 20.3 Å². The smallest absolute Gasteiger partial charge is 0.162 e. The third-order valence-electron chi connectivity index (χ3n) is 2.43. The third-order valence-corrected chi connectivity index (χ3v) is 3.41. The number of halogens is 1. The van der Waals surface area contributed by atoms with E-state index in [0.717, 1.165) is 17.7 Å². The lowest BCUT2D eigenvalue weighted by Gasteiger charge is -2.13. The Morgan fingerprint density at radius 2 is 1.81 bits per heavy atom. The molecule has 0 aliphatic heterocycles. The minimum Gasteiger partial charge on any atom is -0.493 e. The van der Waals surface area contributed by atoms with Crippen molar-refractivity contribution < 1.29 is 9.47 Å². The molecule has 90 valence electrons. The Labute approximate surface area is 107 Å². The highest BCUT2D eigenvalue weighted by Crippen LogP contribution is 2.34. The molecule has 2 nitrogen and oxygen atoms in total. The summed E-state index contributed by atoms with van der Waals surface area (Å²) >= 11 is 10.4. The highest BCUT2D eigenvalue weighted by Gasteiger charge is 2.11. The number of hydrogen-bond acceptors (Lipinski definition) is 3. The normalized spacial score (nSPS) is 12.3. The van der Waals surface area contributed by atoms with Crippen molar-refractivity contribution in [2.75, 3.05) is 20.0 Å². The second-order valence-corrected chi connectivity index (χ2v) is 4.56. The summed E-state index contributed by atoms with van der Waals surface area (Å²) in [6.45, 7) is 2.14. The number of thiol groups is 1. The summed E-state index contributed by atoms with van der Waals surface area (Å²) in [6, 6.07) is 3.72. The summed E-state index contributed by atoms with van der Waals surface area (Å²) in [6.07, 6.45) is 0.892. The molecule has 0 aliphatic carbocycles. The molecule has 0 fully saturated rings. The molecule has 0 aliphatic rings. The van der Waals surface area contributed by atoms with E-state index in [4.69, 9.17) is 21.1 Å². The van der Waals surface area contributed by atoms with Crippen LogP contribution in [-0.2, 0) is 6.42 Å². The number of methoxy groups -OCH3 is 2. The van der Waals surface area contributed by atoms with Gasteiger partial charge in [-0.05, 0) is 29.7 Å². The average molecular weight is 261 g/mol. The third kappa shape index (κ3) is 3.22. The van der Waals surface area contributed by atoms with E-state index in [1.165, 1.54) is 0 Å². The van der Waals surface area contributed by atoms with E-state index in [2.05, 4.69) is 19.6 Å². The van der Waals surface area contributed by atoms with E-state index in [9.17, 15) is 0 Å². The minimum absolute atomic E-state index is 0.485. The molecule has 0 spiro atoms. The first-order valence-electron chi connectivity index (χ1n) is 5.13. The molecular formula is C12H17ClO2S. The van der Waals surface area contributed by atoms with Gasteiger partial charge in [0, 0.05) is 11.1 Å².